The fraction of sp³-hybridized carbons (Fsp3) is 0.217. The van der Waals surface area contributed by atoms with Crippen LogP contribution in [0, 0.1) is 6.92 Å². The molecule has 0 saturated carbocycles. The van der Waals surface area contributed by atoms with E-state index < -0.39 is 0 Å². The second-order valence-corrected chi connectivity index (χ2v) is 7.16. The number of halogens is 1. The smallest absolute Gasteiger partial charge is 0.307 e. The van der Waals surface area contributed by atoms with Gasteiger partial charge in [-0.1, -0.05) is 29.8 Å². The summed E-state index contributed by atoms with van der Waals surface area (Å²) in [6.45, 7) is 2.47. The van der Waals surface area contributed by atoms with Crippen LogP contribution in [-0.4, -0.2) is 28.3 Å². The molecule has 0 fully saturated rings. The van der Waals surface area contributed by atoms with Gasteiger partial charge in [0.15, 0.2) is 0 Å². The Hall–Kier alpha value is -3.25. The second kappa shape index (κ2) is 9.05. The van der Waals surface area contributed by atoms with Crippen molar-refractivity contribution in [2.45, 2.75) is 19.8 Å². The molecule has 4 aromatic rings. The first kappa shape index (κ1) is 20.0. The normalized spacial score (nSPS) is 10.9. The Morgan fingerprint density at radius 3 is 2.70 bits per heavy atom. The van der Waals surface area contributed by atoms with E-state index in [1.807, 2.05) is 60.2 Å². The standard InChI is InChI=1S/C23H22ClN3O3/c1-16-25-12-13-27(16)23-26-22(19-11-10-17(24)15-21(19)28-2)20(30-23)9-6-14-29-18-7-4-3-5-8-18/h3-5,7-8,10-13,15H,6,9,14H2,1-2H3. The summed E-state index contributed by atoms with van der Waals surface area (Å²) in [5.74, 6) is 3.05. The minimum atomic E-state index is 0.469. The molecule has 0 aliphatic carbocycles. The highest BCUT2D eigenvalue weighted by Gasteiger charge is 2.20. The molecule has 0 bridgehead atoms. The zero-order valence-corrected chi connectivity index (χ0v) is 17.6. The van der Waals surface area contributed by atoms with Gasteiger partial charge in [-0.15, -0.1) is 0 Å². The quantitative estimate of drug-likeness (QED) is 0.350. The number of para-hydroxylation sites is 1. The van der Waals surface area contributed by atoms with Gasteiger partial charge >= 0.3 is 6.01 Å². The number of aromatic nitrogens is 3. The van der Waals surface area contributed by atoms with E-state index in [4.69, 9.17) is 30.5 Å². The average Bonchev–Trinajstić information content (AvgIpc) is 3.37. The molecule has 0 aliphatic rings. The molecule has 0 atom stereocenters. The minimum Gasteiger partial charge on any atom is -0.496 e. The molecule has 0 saturated heterocycles. The zero-order valence-electron chi connectivity index (χ0n) is 16.8. The van der Waals surface area contributed by atoms with Crippen molar-refractivity contribution < 1.29 is 13.9 Å². The molecule has 0 N–H and O–H groups in total. The topological polar surface area (TPSA) is 62.3 Å². The van der Waals surface area contributed by atoms with Gasteiger partial charge in [0.1, 0.15) is 28.8 Å². The molecule has 0 aliphatic heterocycles. The Kier molecular flexibility index (Phi) is 6.05. The van der Waals surface area contributed by atoms with E-state index in [0.717, 1.165) is 35.0 Å². The van der Waals surface area contributed by atoms with Crippen molar-refractivity contribution in [1.82, 2.24) is 14.5 Å². The maximum absolute atomic E-state index is 6.14. The molecule has 30 heavy (non-hydrogen) atoms. The van der Waals surface area contributed by atoms with Crippen LogP contribution in [0.5, 0.6) is 11.5 Å². The number of aryl methyl sites for hydroxylation is 2. The first-order valence-electron chi connectivity index (χ1n) is 9.67. The van der Waals surface area contributed by atoms with E-state index in [0.29, 0.717) is 29.8 Å². The summed E-state index contributed by atoms with van der Waals surface area (Å²) >= 11 is 6.14. The fourth-order valence-corrected chi connectivity index (χ4v) is 3.36. The molecule has 0 amide bonds. The maximum Gasteiger partial charge on any atom is 0.307 e. The van der Waals surface area contributed by atoms with Gasteiger partial charge in [0.05, 0.1) is 13.7 Å². The first-order chi connectivity index (χ1) is 14.7. The molecule has 6 nitrogen and oxygen atoms in total. The molecule has 154 valence electrons. The number of oxazole rings is 1. The van der Waals surface area contributed by atoms with Gasteiger partial charge in [-0.05, 0) is 43.7 Å². The molecule has 0 unspecified atom stereocenters. The second-order valence-electron chi connectivity index (χ2n) is 6.72. The van der Waals surface area contributed by atoms with E-state index in [1.165, 1.54) is 0 Å². The summed E-state index contributed by atoms with van der Waals surface area (Å²) in [5.41, 5.74) is 1.56. The van der Waals surface area contributed by atoms with Gasteiger partial charge in [-0.2, -0.15) is 4.98 Å². The number of imidazole rings is 1. The summed E-state index contributed by atoms with van der Waals surface area (Å²) in [7, 11) is 1.61. The van der Waals surface area contributed by atoms with Gasteiger partial charge in [0.2, 0.25) is 0 Å². The average molecular weight is 424 g/mol. The van der Waals surface area contributed by atoms with E-state index in [1.54, 1.807) is 19.4 Å². The zero-order chi connectivity index (χ0) is 20.9. The lowest BCUT2D eigenvalue weighted by Gasteiger charge is -2.08. The van der Waals surface area contributed by atoms with Crippen molar-refractivity contribution in [3.05, 3.63) is 77.5 Å². The first-order valence-corrected chi connectivity index (χ1v) is 10.1. The third-order valence-corrected chi connectivity index (χ3v) is 4.93. The largest absolute Gasteiger partial charge is 0.496 e. The number of methoxy groups -OCH3 is 1. The molecule has 0 radical (unpaired) electrons. The predicted molar refractivity (Wildman–Crippen MR) is 116 cm³/mol. The van der Waals surface area contributed by atoms with Crippen molar-refractivity contribution in [1.29, 1.82) is 0 Å². The molecule has 2 heterocycles. The van der Waals surface area contributed by atoms with Crippen molar-refractivity contribution in [3.8, 4) is 28.8 Å². The molecular formula is C23H22ClN3O3. The third-order valence-electron chi connectivity index (χ3n) is 4.70. The Bertz CT molecular complexity index is 1120. The van der Waals surface area contributed by atoms with E-state index in [-0.39, 0.29) is 0 Å². The monoisotopic (exact) mass is 423 g/mol. The van der Waals surface area contributed by atoms with Crippen molar-refractivity contribution in [2.75, 3.05) is 13.7 Å². The van der Waals surface area contributed by atoms with Gasteiger partial charge < -0.3 is 13.9 Å². The van der Waals surface area contributed by atoms with Crippen LogP contribution >= 0.6 is 11.6 Å². The Morgan fingerprint density at radius 1 is 1.13 bits per heavy atom. The number of ether oxygens (including phenoxy) is 2. The number of nitrogens with zero attached hydrogens (tertiary/aromatic N) is 3. The minimum absolute atomic E-state index is 0.469. The van der Waals surface area contributed by atoms with E-state index >= 15 is 0 Å². The highest BCUT2D eigenvalue weighted by Crippen LogP contribution is 2.35. The predicted octanol–water partition coefficient (Wildman–Crippen LogP) is 5.51. The molecule has 7 heteroatoms. The molecule has 4 rings (SSSR count). The SMILES string of the molecule is COc1cc(Cl)ccc1-c1nc(-n2ccnc2C)oc1CCCOc1ccccc1. The van der Waals surface area contributed by atoms with E-state index in [2.05, 4.69) is 4.98 Å². The highest BCUT2D eigenvalue weighted by molar-refractivity contribution is 6.30. The summed E-state index contributed by atoms with van der Waals surface area (Å²) in [6, 6.07) is 15.7. The number of rotatable bonds is 8. The van der Waals surface area contributed by atoms with E-state index in [9.17, 15) is 0 Å². The number of hydrogen-bond acceptors (Lipinski definition) is 5. The van der Waals surface area contributed by atoms with Gasteiger partial charge in [0, 0.05) is 29.4 Å². The third kappa shape index (κ3) is 4.33. The van der Waals surface area contributed by atoms with Crippen LogP contribution in [0.1, 0.15) is 18.0 Å². The van der Waals surface area contributed by atoms with Crippen LogP contribution in [0.2, 0.25) is 5.02 Å². The summed E-state index contributed by atoms with van der Waals surface area (Å²) in [4.78, 5) is 9.01. The van der Waals surface area contributed by atoms with Crippen LogP contribution in [0.25, 0.3) is 17.3 Å². The maximum atomic E-state index is 6.14. The Morgan fingerprint density at radius 2 is 1.97 bits per heavy atom. The van der Waals surface area contributed by atoms with Crippen molar-refractivity contribution in [2.24, 2.45) is 0 Å². The van der Waals surface area contributed by atoms with Crippen LogP contribution in [0.15, 0.2) is 65.3 Å². The molecular weight excluding hydrogens is 402 g/mol. The Balaban J connectivity index is 1.61. The van der Waals surface area contributed by atoms with Gasteiger partial charge in [-0.3, -0.25) is 4.57 Å². The van der Waals surface area contributed by atoms with Gasteiger partial charge in [-0.25, -0.2) is 4.98 Å². The van der Waals surface area contributed by atoms with Crippen molar-refractivity contribution in [3.63, 3.8) is 0 Å². The summed E-state index contributed by atoms with van der Waals surface area (Å²) < 4.78 is 19.3. The lowest BCUT2D eigenvalue weighted by molar-refractivity contribution is 0.306. The number of hydrogen-bond donors (Lipinski definition) is 0. The van der Waals surface area contributed by atoms with Crippen LogP contribution < -0.4 is 9.47 Å². The van der Waals surface area contributed by atoms with Crippen LogP contribution in [0.3, 0.4) is 0 Å². The summed E-state index contributed by atoms with van der Waals surface area (Å²) in [5, 5.41) is 0.600. The van der Waals surface area contributed by atoms with Gasteiger partial charge in [0.25, 0.3) is 0 Å². The van der Waals surface area contributed by atoms with Crippen LogP contribution in [-0.2, 0) is 6.42 Å². The van der Waals surface area contributed by atoms with Crippen LogP contribution in [0.4, 0.5) is 0 Å². The molecule has 2 aromatic heterocycles. The number of benzene rings is 2. The molecule has 2 aromatic carbocycles. The Labute approximate surface area is 180 Å². The molecule has 0 spiro atoms. The van der Waals surface area contributed by atoms with Crippen molar-refractivity contribution >= 4 is 11.6 Å². The lowest BCUT2D eigenvalue weighted by atomic mass is 10.1. The highest BCUT2D eigenvalue weighted by atomic mass is 35.5. The fourth-order valence-electron chi connectivity index (χ4n) is 3.20. The summed E-state index contributed by atoms with van der Waals surface area (Å²) in [6.07, 6.45) is 4.98. The lowest BCUT2D eigenvalue weighted by Crippen LogP contribution is -2.00.